The van der Waals surface area contributed by atoms with Crippen LogP contribution in [0.25, 0.3) is 0 Å². The molecule has 0 amide bonds. The van der Waals surface area contributed by atoms with Crippen LogP contribution in [0.4, 0.5) is 18.9 Å². The monoisotopic (exact) mass is 415 g/mol. The summed E-state index contributed by atoms with van der Waals surface area (Å²) < 4.78 is 61.0. The van der Waals surface area contributed by atoms with E-state index in [1.54, 1.807) is 19.1 Å². The largest absolute Gasteiger partial charge is 0.416 e. The standard InChI is InChI=1S/C17H16F3N3O2S2/c1-11(12-6-8-15(9-7-12)27(2,24)25)22-23-16(26)21-14-5-3-4-13(10-14)17(18,19)20/h3-10H,1-2H3,(H2,21,23,26)/b22-11-. The molecule has 0 aliphatic carbocycles. The van der Waals surface area contributed by atoms with E-state index in [2.05, 4.69) is 15.8 Å². The van der Waals surface area contributed by atoms with Crippen molar-refractivity contribution in [1.82, 2.24) is 5.43 Å². The average molecular weight is 415 g/mol. The highest BCUT2D eigenvalue weighted by Gasteiger charge is 2.30. The Morgan fingerprint density at radius 3 is 2.30 bits per heavy atom. The van der Waals surface area contributed by atoms with E-state index < -0.39 is 21.6 Å². The van der Waals surface area contributed by atoms with Gasteiger partial charge in [-0.05, 0) is 55.0 Å². The van der Waals surface area contributed by atoms with E-state index >= 15 is 0 Å². The molecule has 0 aromatic heterocycles. The van der Waals surface area contributed by atoms with Crippen molar-refractivity contribution in [2.24, 2.45) is 5.10 Å². The average Bonchev–Trinajstić information content (AvgIpc) is 2.58. The molecule has 144 valence electrons. The van der Waals surface area contributed by atoms with Gasteiger partial charge in [-0.15, -0.1) is 0 Å². The molecule has 0 saturated heterocycles. The minimum atomic E-state index is -4.44. The first-order valence-corrected chi connectivity index (χ1v) is 9.86. The first kappa shape index (κ1) is 20.8. The summed E-state index contributed by atoms with van der Waals surface area (Å²) in [6.07, 6.45) is -3.33. The Balaban J connectivity index is 2.04. The number of benzene rings is 2. The molecule has 2 aromatic rings. The summed E-state index contributed by atoms with van der Waals surface area (Å²) in [6, 6.07) is 10.7. The summed E-state index contributed by atoms with van der Waals surface area (Å²) in [5.41, 5.74) is 3.10. The quantitative estimate of drug-likeness (QED) is 0.451. The second-order valence-corrected chi connectivity index (χ2v) is 8.06. The third-order valence-corrected chi connectivity index (χ3v) is 4.79. The molecule has 2 N–H and O–H groups in total. The molecule has 0 fully saturated rings. The van der Waals surface area contributed by atoms with Crippen molar-refractivity contribution in [3.8, 4) is 0 Å². The number of halogens is 3. The summed E-state index contributed by atoms with van der Waals surface area (Å²) in [5, 5.41) is 6.68. The number of alkyl halides is 3. The van der Waals surface area contributed by atoms with Gasteiger partial charge < -0.3 is 5.32 Å². The summed E-state index contributed by atoms with van der Waals surface area (Å²) in [4.78, 5) is 0.189. The van der Waals surface area contributed by atoms with Gasteiger partial charge in [0, 0.05) is 11.9 Å². The second-order valence-electron chi connectivity index (χ2n) is 5.64. The van der Waals surface area contributed by atoms with Gasteiger partial charge >= 0.3 is 6.18 Å². The summed E-state index contributed by atoms with van der Waals surface area (Å²) in [5.74, 6) is 0. The Kier molecular flexibility index (Phi) is 6.22. The highest BCUT2D eigenvalue weighted by Crippen LogP contribution is 2.30. The Hall–Kier alpha value is -2.46. The highest BCUT2D eigenvalue weighted by atomic mass is 32.2. The molecule has 0 spiro atoms. The number of sulfone groups is 1. The fourth-order valence-electron chi connectivity index (χ4n) is 2.07. The number of thiocarbonyl (C=S) groups is 1. The number of nitrogens with one attached hydrogen (secondary N) is 2. The van der Waals surface area contributed by atoms with Crippen LogP contribution in [-0.4, -0.2) is 25.5 Å². The van der Waals surface area contributed by atoms with Crippen LogP contribution in [0.1, 0.15) is 18.1 Å². The minimum Gasteiger partial charge on any atom is -0.331 e. The SMILES string of the molecule is C/C(=N/NC(=S)Nc1cccc(C(F)(F)F)c1)c1ccc(S(C)(=O)=O)cc1. The van der Waals surface area contributed by atoms with Crippen LogP contribution >= 0.6 is 12.2 Å². The summed E-state index contributed by atoms with van der Waals surface area (Å²) >= 11 is 5.02. The third kappa shape index (κ3) is 6.04. The van der Waals surface area contributed by atoms with E-state index in [4.69, 9.17) is 12.2 Å². The van der Waals surface area contributed by atoms with Crippen molar-refractivity contribution in [2.45, 2.75) is 18.0 Å². The minimum absolute atomic E-state index is 0.0152. The molecule has 0 atom stereocenters. The Morgan fingerprint density at radius 2 is 1.74 bits per heavy atom. The van der Waals surface area contributed by atoms with Gasteiger partial charge in [-0.3, -0.25) is 5.43 Å². The van der Waals surface area contributed by atoms with Gasteiger partial charge in [-0.1, -0.05) is 18.2 Å². The van der Waals surface area contributed by atoms with Crippen molar-refractivity contribution in [3.05, 3.63) is 59.7 Å². The smallest absolute Gasteiger partial charge is 0.331 e. The van der Waals surface area contributed by atoms with Gasteiger partial charge in [-0.25, -0.2) is 8.42 Å². The first-order chi connectivity index (χ1) is 12.5. The molecule has 0 unspecified atom stereocenters. The molecule has 27 heavy (non-hydrogen) atoms. The Bertz CT molecular complexity index is 970. The molecule has 0 saturated carbocycles. The maximum Gasteiger partial charge on any atom is 0.416 e. The van der Waals surface area contributed by atoms with Crippen LogP contribution in [0.5, 0.6) is 0 Å². The van der Waals surface area contributed by atoms with Crippen LogP contribution in [0, 0.1) is 0 Å². The van der Waals surface area contributed by atoms with Crippen LogP contribution in [0.3, 0.4) is 0 Å². The van der Waals surface area contributed by atoms with Gasteiger partial charge in [0.05, 0.1) is 16.2 Å². The van der Waals surface area contributed by atoms with Gasteiger partial charge in [-0.2, -0.15) is 18.3 Å². The Labute approximate surface area is 160 Å². The molecule has 0 bridgehead atoms. The van der Waals surface area contributed by atoms with Gasteiger partial charge in [0.1, 0.15) is 0 Å². The molecule has 10 heteroatoms. The third-order valence-electron chi connectivity index (χ3n) is 3.47. The fraction of sp³-hybridized carbons (Fsp3) is 0.176. The van der Waals surface area contributed by atoms with Gasteiger partial charge in [0.15, 0.2) is 14.9 Å². The second kappa shape index (κ2) is 8.05. The van der Waals surface area contributed by atoms with Crippen molar-refractivity contribution in [1.29, 1.82) is 0 Å². The maximum atomic E-state index is 12.7. The van der Waals surface area contributed by atoms with Gasteiger partial charge in [0.2, 0.25) is 0 Å². The zero-order valence-corrected chi connectivity index (χ0v) is 16.0. The van der Waals surface area contributed by atoms with Crippen LogP contribution in [-0.2, 0) is 16.0 Å². The lowest BCUT2D eigenvalue weighted by Crippen LogP contribution is -2.25. The lowest BCUT2D eigenvalue weighted by Gasteiger charge is -2.11. The maximum absolute atomic E-state index is 12.7. The van der Waals surface area contributed by atoms with E-state index in [1.165, 1.54) is 24.3 Å². The Morgan fingerprint density at radius 1 is 1.11 bits per heavy atom. The molecule has 0 aliphatic heterocycles. The zero-order chi connectivity index (χ0) is 20.2. The van der Waals surface area contributed by atoms with E-state index in [9.17, 15) is 21.6 Å². The number of hydrazone groups is 1. The van der Waals surface area contributed by atoms with Gasteiger partial charge in [0.25, 0.3) is 0 Å². The molecule has 0 radical (unpaired) electrons. The molecule has 2 rings (SSSR count). The number of hydrogen-bond acceptors (Lipinski definition) is 4. The van der Waals surface area contributed by atoms with Crippen molar-refractivity contribution < 1.29 is 21.6 Å². The molecule has 2 aromatic carbocycles. The number of nitrogens with zero attached hydrogens (tertiary/aromatic N) is 1. The number of hydrogen-bond donors (Lipinski definition) is 2. The van der Waals surface area contributed by atoms with E-state index in [0.29, 0.717) is 11.3 Å². The molecule has 5 nitrogen and oxygen atoms in total. The normalized spacial score (nSPS) is 12.6. The van der Waals surface area contributed by atoms with E-state index in [1.807, 2.05) is 0 Å². The lowest BCUT2D eigenvalue weighted by atomic mass is 10.1. The predicted molar refractivity (Wildman–Crippen MR) is 103 cm³/mol. The van der Waals surface area contributed by atoms with Crippen LogP contribution in [0.2, 0.25) is 0 Å². The molecule has 0 aliphatic rings. The predicted octanol–water partition coefficient (Wildman–Crippen LogP) is 3.82. The van der Waals surface area contributed by atoms with Crippen molar-refractivity contribution in [3.63, 3.8) is 0 Å². The van der Waals surface area contributed by atoms with Crippen LogP contribution in [0.15, 0.2) is 58.5 Å². The van der Waals surface area contributed by atoms with Crippen LogP contribution < -0.4 is 10.7 Å². The highest BCUT2D eigenvalue weighted by molar-refractivity contribution is 7.90. The molecular formula is C17H16F3N3O2S2. The lowest BCUT2D eigenvalue weighted by molar-refractivity contribution is -0.137. The summed E-state index contributed by atoms with van der Waals surface area (Å²) in [6.45, 7) is 1.68. The number of rotatable bonds is 4. The van der Waals surface area contributed by atoms with Crippen molar-refractivity contribution in [2.75, 3.05) is 11.6 Å². The number of anilines is 1. The zero-order valence-electron chi connectivity index (χ0n) is 14.3. The molecule has 0 heterocycles. The fourth-order valence-corrected chi connectivity index (χ4v) is 2.87. The van der Waals surface area contributed by atoms with E-state index in [0.717, 1.165) is 18.4 Å². The molecular weight excluding hydrogens is 399 g/mol. The summed E-state index contributed by atoms with van der Waals surface area (Å²) in [7, 11) is -3.29. The van der Waals surface area contributed by atoms with Crippen molar-refractivity contribution >= 4 is 38.6 Å². The van der Waals surface area contributed by atoms with E-state index in [-0.39, 0.29) is 15.7 Å². The first-order valence-electron chi connectivity index (χ1n) is 7.56. The topological polar surface area (TPSA) is 70.6 Å².